The highest BCUT2D eigenvalue weighted by atomic mass is 35.5. The zero-order chi connectivity index (χ0) is 15.2. The van der Waals surface area contributed by atoms with Crippen LogP contribution in [-0.2, 0) is 13.0 Å². The molecule has 0 aliphatic carbocycles. The van der Waals surface area contributed by atoms with Crippen molar-refractivity contribution in [1.29, 1.82) is 0 Å². The summed E-state index contributed by atoms with van der Waals surface area (Å²) in [5.41, 5.74) is 1.08. The fourth-order valence-electron chi connectivity index (χ4n) is 2.40. The smallest absolute Gasteiger partial charge is 0.138 e. The van der Waals surface area contributed by atoms with Crippen LogP contribution >= 0.6 is 11.6 Å². The second-order valence-corrected chi connectivity index (χ2v) is 5.13. The van der Waals surface area contributed by atoms with Crippen molar-refractivity contribution in [1.82, 2.24) is 20.1 Å². The van der Waals surface area contributed by atoms with Gasteiger partial charge in [0.25, 0.3) is 0 Å². The van der Waals surface area contributed by atoms with Gasteiger partial charge in [-0.05, 0) is 25.6 Å². The lowest BCUT2D eigenvalue weighted by Gasteiger charge is -2.20. The molecule has 0 bridgehead atoms. The van der Waals surface area contributed by atoms with Gasteiger partial charge in [0, 0.05) is 29.6 Å². The molecular formula is C15H21ClN4O. The SMILES string of the molecule is CCNC(Cc1ncnn1CC)c1ccc(Cl)cc1OC. The second kappa shape index (κ2) is 7.43. The van der Waals surface area contributed by atoms with Gasteiger partial charge in [-0.1, -0.05) is 24.6 Å². The third-order valence-corrected chi connectivity index (χ3v) is 3.64. The summed E-state index contributed by atoms with van der Waals surface area (Å²) >= 11 is 6.04. The van der Waals surface area contributed by atoms with Gasteiger partial charge in [0.1, 0.15) is 17.9 Å². The van der Waals surface area contributed by atoms with Gasteiger partial charge in [0.05, 0.1) is 7.11 Å². The van der Waals surface area contributed by atoms with Crippen molar-refractivity contribution >= 4 is 11.6 Å². The van der Waals surface area contributed by atoms with Crippen LogP contribution in [0.5, 0.6) is 5.75 Å². The number of rotatable bonds is 7. The van der Waals surface area contributed by atoms with E-state index in [0.717, 1.165) is 36.6 Å². The fourth-order valence-corrected chi connectivity index (χ4v) is 2.57. The summed E-state index contributed by atoms with van der Waals surface area (Å²) in [5.74, 6) is 1.75. The van der Waals surface area contributed by atoms with Crippen LogP contribution < -0.4 is 10.1 Å². The lowest BCUT2D eigenvalue weighted by atomic mass is 10.0. The number of benzene rings is 1. The molecule has 0 saturated heterocycles. The maximum absolute atomic E-state index is 6.04. The predicted molar refractivity (Wildman–Crippen MR) is 83.8 cm³/mol. The molecule has 5 nitrogen and oxygen atoms in total. The number of methoxy groups -OCH3 is 1. The number of nitrogens with zero attached hydrogens (tertiary/aromatic N) is 3. The van der Waals surface area contributed by atoms with E-state index in [1.54, 1.807) is 13.4 Å². The molecule has 2 rings (SSSR count). The Bertz CT molecular complexity index is 585. The molecule has 1 aromatic heterocycles. The van der Waals surface area contributed by atoms with Crippen molar-refractivity contribution in [3.05, 3.63) is 40.9 Å². The van der Waals surface area contributed by atoms with Crippen molar-refractivity contribution in [2.75, 3.05) is 13.7 Å². The summed E-state index contributed by atoms with van der Waals surface area (Å²) in [6.45, 7) is 5.81. The minimum absolute atomic E-state index is 0.108. The molecule has 0 spiro atoms. The number of halogens is 1. The van der Waals surface area contributed by atoms with E-state index >= 15 is 0 Å². The first-order valence-electron chi connectivity index (χ1n) is 7.13. The topological polar surface area (TPSA) is 52.0 Å². The molecule has 0 saturated carbocycles. The van der Waals surface area contributed by atoms with Crippen LogP contribution in [0.3, 0.4) is 0 Å². The maximum atomic E-state index is 6.04. The van der Waals surface area contributed by atoms with Crippen molar-refractivity contribution in [2.45, 2.75) is 32.9 Å². The first-order valence-corrected chi connectivity index (χ1v) is 7.50. The molecule has 21 heavy (non-hydrogen) atoms. The standard InChI is InChI=1S/C15H21ClN4O/c1-4-17-13(9-15-18-10-19-20(15)5-2)12-7-6-11(16)8-14(12)21-3/h6-8,10,13,17H,4-5,9H2,1-3H3. The fraction of sp³-hybridized carbons (Fsp3) is 0.467. The zero-order valence-electron chi connectivity index (χ0n) is 12.6. The summed E-state index contributed by atoms with van der Waals surface area (Å²) < 4.78 is 7.37. The molecule has 0 radical (unpaired) electrons. The number of aryl methyl sites for hydroxylation is 1. The molecule has 0 aliphatic heterocycles. The van der Waals surface area contributed by atoms with E-state index in [0.29, 0.717) is 5.02 Å². The largest absolute Gasteiger partial charge is 0.496 e. The highest BCUT2D eigenvalue weighted by Crippen LogP contribution is 2.30. The van der Waals surface area contributed by atoms with Crippen LogP contribution in [0.25, 0.3) is 0 Å². The van der Waals surface area contributed by atoms with Gasteiger partial charge in [0.2, 0.25) is 0 Å². The molecule has 0 aliphatic rings. The zero-order valence-corrected chi connectivity index (χ0v) is 13.4. The molecule has 0 fully saturated rings. The van der Waals surface area contributed by atoms with E-state index in [1.807, 2.05) is 22.9 Å². The van der Waals surface area contributed by atoms with E-state index in [-0.39, 0.29) is 6.04 Å². The molecule has 1 aromatic carbocycles. The molecule has 1 atom stereocenters. The van der Waals surface area contributed by atoms with E-state index in [4.69, 9.17) is 16.3 Å². The lowest BCUT2D eigenvalue weighted by molar-refractivity contribution is 0.397. The maximum Gasteiger partial charge on any atom is 0.138 e. The number of hydrogen-bond donors (Lipinski definition) is 1. The van der Waals surface area contributed by atoms with Crippen molar-refractivity contribution < 1.29 is 4.74 Å². The number of likely N-dealkylation sites (N-methyl/N-ethyl adjacent to an activating group) is 1. The normalized spacial score (nSPS) is 12.4. The van der Waals surface area contributed by atoms with Gasteiger partial charge in [-0.3, -0.25) is 4.68 Å². The highest BCUT2D eigenvalue weighted by molar-refractivity contribution is 6.30. The Morgan fingerprint density at radius 2 is 2.19 bits per heavy atom. The minimum Gasteiger partial charge on any atom is -0.496 e. The van der Waals surface area contributed by atoms with Crippen molar-refractivity contribution in [2.24, 2.45) is 0 Å². The molecule has 0 amide bonds. The minimum atomic E-state index is 0.108. The third kappa shape index (κ3) is 3.74. The quantitative estimate of drug-likeness (QED) is 0.854. The van der Waals surface area contributed by atoms with Crippen LogP contribution in [0.4, 0.5) is 0 Å². The third-order valence-electron chi connectivity index (χ3n) is 3.40. The predicted octanol–water partition coefficient (Wildman–Crippen LogP) is 2.85. The van der Waals surface area contributed by atoms with Gasteiger partial charge in [-0.15, -0.1) is 0 Å². The molecule has 1 N–H and O–H groups in total. The Hall–Kier alpha value is -1.59. The Morgan fingerprint density at radius 3 is 2.86 bits per heavy atom. The summed E-state index contributed by atoms with van der Waals surface area (Å²) in [4.78, 5) is 4.35. The van der Waals surface area contributed by atoms with E-state index in [9.17, 15) is 0 Å². The average molecular weight is 309 g/mol. The number of hydrogen-bond acceptors (Lipinski definition) is 4. The Kier molecular flexibility index (Phi) is 5.59. The van der Waals surface area contributed by atoms with Crippen molar-refractivity contribution in [3.8, 4) is 5.75 Å². The molecule has 1 heterocycles. The van der Waals surface area contributed by atoms with E-state index in [2.05, 4.69) is 29.2 Å². The van der Waals surface area contributed by atoms with Crippen molar-refractivity contribution in [3.63, 3.8) is 0 Å². The molecule has 114 valence electrons. The Labute approximate surface area is 130 Å². The van der Waals surface area contributed by atoms with Crippen LogP contribution in [0.2, 0.25) is 5.02 Å². The Morgan fingerprint density at radius 1 is 1.38 bits per heavy atom. The number of ether oxygens (including phenoxy) is 1. The molecule has 2 aromatic rings. The van der Waals surface area contributed by atoms with Gasteiger partial charge in [-0.2, -0.15) is 5.10 Å². The van der Waals surface area contributed by atoms with Crippen LogP contribution in [0.15, 0.2) is 24.5 Å². The molecule has 1 unspecified atom stereocenters. The summed E-state index contributed by atoms with van der Waals surface area (Å²) in [6, 6.07) is 5.83. The Balaban J connectivity index is 2.30. The first kappa shape index (κ1) is 15.8. The monoisotopic (exact) mass is 308 g/mol. The lowest BCUT2D eigenvalue weighted by Crippen LogP contribution is -2.25. The van der Waals surface area contributed by atoms with Gasteiger partial charge in [-0.25, -0.2) is 4.98 Å². The van der Waals surface area contributed by atoms with Gasteiger partial charge >= 0.3 is 0 Å². The average Bonchev–Trinajstić information content (AvgIpc) is 2.94. The molecular weight excluding hydrogens is 288 g/mol. The van der Waals surface area contributed by atoms with E-state index in [1.165, 1.54) is 0 Å². The van der Waals surface area contributed by atoms with E-state index < -0.39 is 0 Å². The van der Waals surface area contributed by atoms with Crippen LogP contribution in [0.1, 0.15) is 31.3 Å². The van der Waals surface area contributed by atoms with Crippen LogP contribution in [0, 0.1) is 0 Å². The van der Waals surface area contributed by atoms with Gasteiger partial charge < -0.3 is 10.1 Å². The molecule has 6 heteroatoms. The van der Waals surface area contributed by atoms with Crippen LogP contribution in [-0.4, -0.2) is 28.4 Å². The summed E-state index contributed by atoms with van der Waals surface area (Å²) in [5, 5.41) is 8.37. The highest BCUT2D eigenvalue weighted by Gasteiger charge is 2.18. The second-order valence-electron chi connectivity index (χ2n) is 4.69. The number of nitrogens with one attached hydrogen (secondary N) is 1. The van der Waals surface area contributed by atoms with Gasteiger partial charge in [0.15, 0.2) is 0 Å². The summed E-state index contributed by atoms with van der Waals surface area (Å²) in [7, 11) is 1.66. The first-order chi connectivity index (χ1) is 10.2. The summed E-state index contributed by atoms with van der Waals surface area (Å²) in [6.07, 6.45) is 2.35. The number of aromatic nitrogens is 3.